The number of H-pyrrole nitrogens is 1. The summed E-state index contributed by atoms with van der Waals surface area (Å²) in [7, 11) is 0. The molecule has 0 radical (unpaired) electrons. The molecule has 7 heteroatoms. The molecule has 0 aliphatic heterocycles. The number of hydrogen-bond donors (Lipinski definition) is 3. The first-order valence-electron chi connectivity index (χ1n) is 18.0. The molecule has 4 N–H and O–H groups in total. The number of benzene rings is 2. The predicted molar refractivity (Wildman–Crippen MR) is 196 cm³/mol. The number of hydrogen-bond acceptors (Lipinski definition) is 4. The first kappa shape index (κ1) is 39.1. The number of nitrogens with one attached hydrogen (secondary N) is 2. The van der Waals surface area contributed by atoms with E-state index in [0.29, 0.717) is 17.5 Å². The minimum absolute atomic E-state index is 0.168. The fourth-order valence-corrected chi connectivity index (χ4v) is 5.98. The zero-order valence-electron chi connectivity index (χ0n) is 29.5. The van der Waals surface area contributed by atoms with Gasteiger partial charge in [-0.15, -0.1) is 0 Å². The summed E-state index contributed by atoms with van der Waals surface area (Å²) in [6.07, 6.45) is 22.5. The second-order valence-corrected chi connectivity index (χ2v) is 12.7. The van der Waals surface area contributed by atoms with Gasteiger partial charge in [-0.2, -0.15) is 0 Å². The molecule has 0 bridgehead atoms. The second-order valence-electron chi connectivity index (χ2n) is 12.7. The topological polar surface area (TPSA) is 96.2 Å². The van der Waals surface area contributed by atoms with Gasteiger partial charge in [0.15, 0.2) is 0 Å². The number of amides is 1. The van der Waals surface area contributed by atoms with Crippen molar-refractivity contribution in [1.82, 2.24) is 15.3 Å². The van der Waals surface area contributed by atoms with Gasteiger partial charge in [0.05, 0.1) is 35.3 Å². The number of aliphatic imine (C=N–C) groups is 1. The molecule has 1 aliphatic rings. The first-order valence-corrected chi connectivity index (χ1v) is 18.0. The monoisotopic (exact) mass is 635 g/mol. The van der Waals surface area contributed by atoms with Gasteiger partial charge >= 0.3 is 0 Å². The highest BCUT2D eigenvalue weighted by Crippen LogP contribution is 2.34. The number of rotatable bonds is 16. The smallest absolute Gasteiger partial charge is 0.251 e. The number of imidazole rings is 1. The van der Waals surface area contributed by atoms with Crippen molar-refractivity contribution in [3.05, 3.63) is 47.3 Å². The highest BCUT2D eigenvalue weighted by Gasteiger charge is 2.17. The Morgan fingerprint density at radius 1 is 1.02 bits per heavy atom. The molecular weight excluding hydrogens is 573 g/mol. The maximum absolute atomic E-state index is 11.8. The Bertz CT molecular complexity index is 1290. The molecule has 256 valence electrons. The summed E-state index contributed by atoms with van der Waals surface area (Å²) in [5.41, 5.74) is 12.5. The number of aromatic amines is 1. The Labute approximate surface area is 278 Å². The normalized spacial score (nSPS) is 13.3. The molecule has 0 saturated heterocycles. The number of fused-ring (bicyclic) bond motifs is 1. The molecule has 1 heterocycles. The van der Waals surface area contributed by atoms with E-state index >= 15 is 0 Å². The standard InChI is InChI=1S/C21H24N4O.C11H24FN.C7H14/c1-4-6-7-14-8-9-15(11-17(14)23-5-2)16-10-13(3)18(21(22)26)20-19(16)24-12-25-20;1-2-3-4-5-7-10-13-11-8-6-9-12;1-7-5-3-2-4-6-7/h5,8-12H,4,6-7H2,1-3H3,(H2,22,26)(H,24,25);13H,2-11H2,1H3;7H,2-6H2,1H3. The summed E-state index contributed by atoms with van der Waals surface area (Å²) in [4.78, 5) is 23.9. The average molecular weight is 636 g/mol. The molecule has 0 atom stereocenters. The number of carbonyl (C=O) groups is 1. The van der Waals surface area contributed by atoms with Gasteiger partial charge < -0.3 is 16.0 Å². The SMILES string of the molecule is CC1CCCCC1.CC=Nc1cc(-c2cc(C)c(C(N)=O)c3[nH]cnc23)ccc1CCCC.CCCCCCCNCCCCF. The largest absolute Gasteiger partial charge is 0.366 e. The minimum atomic E-state index is -0.450. The van der Waals surface area contributed by atoms with Gasteiger partial charge in [-0.25, -0.2) is 4.98 Å². The highest BCUT2D eigenvalue weighted by molar-refractivity contribution is 6.09. The Kier molecular flexibility index (Phi) is 19.8. The molecule has 46 heavy (non-hydrogen) atoms. The van der Waals surface area contributed by atoms with Crippen molar-refractivity contribution in [1.29, 1.82) is 0 Å². The van der Waals surface area contributed by atoms with E-state index in [1.807, 2.05) is 26.1 Å². The lowest BCUT2D eigenvalue weighted by Crippen LogP contribution is -2.16. The van der Waals surface area contributed by atoms with Gasteiger partial charge in [0.2, 0.25) is 0 Å². The Morgan fingerprint density at radius 2 is 1.72 bits per heavy atom. The lowest BCUT2D eigenvalue weighted by atomic mass is 9.91. The fourth-order valence-electron chi connectivity index (χ4n) is 5.98. The van der Waals surface area contributed by atoms with Crippen LogP contribution in [0.5, 0.6) is 0 Å². The molecule has 0 unspecified atom stereocenters. The number of halogens is 1. The summed E-state index contributed by atoms with van der Waals surface area (Å²) >= 11 is 0. The molecular formula is C39H62FN5O. The first-order chi connectivity index (χ1) is 22.4. The lowest BCUT2D eigenvalue weighted by molar-refractivity contribution is 0.100. The molecule has 1 fully saturated rings. The predicted octanol–water partition coefficient (Wildman–Crippen LogP) is 10.6. The van der Waals surface area contributed by atoms with Crippen molar-refractivity contribution in [2.45, 2.75) is 131 Å². The zero-order valence-corrected chi connectivity index (χ0v) is 29.5. The van der Waals surface area contributed by atoms with Crippen LogP contribution in [0.1, 0.15) is 139 Å². The van der Waals surface area contributed by atoms with Crippen molar-refractivity contribution < 1.29 is 9.18 Å². The van der Waals surface area contributed by atoms with E-state index in [4.69, 9.17) is 5.73 Å². The Hall–Kier alpha value is -3.06. The van der Waals surface area contributed by atoms with Crippen LogP contribution < -0.4 is 11.1 Å². The van der Waals surface area contributed by atoms with E-state index in [0.717, 1.165) is 72.6 Å². The van der Waals surface area contributed by atoms with Crippen molar-refractivity contribution in [2.75, 3.05) is 19.8 Å². The molecule has 1 saturated carbocycles. The van der Waals surface area contributed by atoms with E-state index in [2.05, 4.69) is 59.2 Å². The third-order valence-corrected chi connectivity index (χ3v) is 8.70. The number of nitrogens with two attached hydrogens (primary N) is 1. The summed E-state index contributed by atoms with van der Waals surface area (Å²) in [6, 6.07) is 8.32. The van der Waals surface area contributed by atoms with Crippen LogP contribution in [0.2, 0.25) is 0 Å². The highest BCUT2D eigenvalue weighted by atomic mass is 19.1. The van der Waals surface area contributed by atoms with Gasteiger partial charge in [0.25, 0.3) is 5.91 Å². The molecule has 4 rings (SSSR count). The van der Waals surface area contributed by atoms with Crippen LogP contribution in [0.4, 0.5) is 10.1 Å². The molecule has 1 aliphatic carbocycles. The third-order valence-electron chi connectivity index (χ3n) is 8.70. The van der Waals surface area contributed by atoms with Crippen LogP contribution in [0.25, 0.3) is 22.2 Å². The second kappa shape index (κ2) is 23.3. The summed E-state index contributed by atoms with van der Waals surface area (Å²) in [6.45, 7) is 12.5. The fraction of sp³-hybridized carbons (Fsp3) is 0.615. The van der Waals surface area contributed by atoms with Crippen LogP contribution in [-0.4, -0.2) is 41.9 Å². The zero-order chi connectivity index (χ0) is 33.6. The number of nitrogens with zero attached hydrogens (tertiary/aromatic N) is 2. The van der Waals surface area contributed by atoms with Gasteiger partial charge in [-0.05, 0) is 93.8 Å². The van der Waals surface area contributed by atoms with Crippen LogP contribution in [0.3, 0.4) is 0 Å². The Balaban J connectivity index is 0.000000304. The van der Waals surface area contributed by atoms with E-state index < -0.39 is 5.91 Å². The van der Waals surface area contributed by atoms with E-state index in [1.54, 1.807) is 6.33 Å². The maximum Gasteiger partial charge on any atom is 0.251 e. The summed E-state index contributed by atoms with van der Waals surface area (Å²) in [5, 5.41) is 3.33. The Morgan fingerprint density at radius 3 is 2.33 bits per heavy atom. The van der Waals surface area contributed by atoms with Crippen LogP contribution in [-0.2, 0) is 6.42 Å². The lowest BCUT2D eigenvalue weighted by Gasteiger charge is -2.15. The van der Waals surface area contributed by atoms with Crippen LogP contribution in [0, 0.1) is 12.8 Å². The van der Waals surface area contributed by atoms with E-state index in [1.165, 1.54) is 69.8 Å². The number of carbonyl (C=O) groups excluding carboxylic acids is 1. The van der Waals surface area contributed by atoms with Gasteiger partial charge in [0, 0.05) is 11.8 Å². The molecule has 3 aromatic rings. The van der Waals surface area contributed by atoms with Crippen LogP contribution in [0.15, 0.2) is 35.6 Å². The molecule has 2 aromatic carbocycles. The molecule has 1 amide bonds. The number of alkyl halides is 1. The van der Waals surface area contributed by atoms with Crippen molar-refractivity contribution in [3.8, 4) is 11.1 Å². The van der Waals surface area contributed by atoms with Gasteiger partial charge in [-0.3, -0.25) is 14.2 Å². The number of unbranched alkanes of at least 4 members (excludes halogenated alkanes) is 6. The summed E-state index contributed by atoms with van der Waals surface area (Å²) < 4.78 is 11.7. The molecule has 6 nitrogen and oxygen atoms in total. The maximum atomic E-state index is 11.8. The molecule has 0 spiro atoms. The van der Waals surface area contributed by atoms with Gasteiger partial charge in [0.1, 0.15) is 0 Å². The van der Waals surface area contributed by atoms with E-state index in [-0.39, 0.29) is 6.67 Å². The number of aromatic nitrogens is 2. The summed E-state index contributed by atoms with van der Waals surface area (Å²) in [5.74, 6) is 0.586. The molecule has 1 aromatic heterocycles. The third kappa shape index (κ3) is 13.7. The van der Waals surface area contributed by atoms with Crippen molar-refractivity contribution in [3.63, 3.8) is 0 Å². The van der Waals surface area contributed by atoms with Crippen molar-refractivity contribution >= 4 is 28.8 Å². The number of aryl methyl sites for hydroxylation is 2. The average Bonchev–Trinajstić information content (AvgIpc) is 3.53. The minimum Gasteiger partial charge on any atom is -0.366 e. The quantitative estimate of drug-likeness (QED) is 0.108. The van der Waals surface area contributed by atoms with Crippen molar-refractivity contribution in [2.24, 2.45) is 16.6 Å². The van der Waals surface area contributed by atoms with E-state index in [9.17, 15) is 9.18 Å². The number of primary amides is 1. The van der Waals surface area contributed by atoms with Gasteiger partial charge in [-0.1, -0.05) is 97.1 Å². The van der Waals surface area contributed by atoms with Crippen LogP contribution >= 0.6 is 0 Å².